The lowest BCUT2D eigenvalue weighted by molar-refractivity contribution is -0.112. The van der Waals surface area contributed by atoms with Crippen LogP contribution in [0.15, 0.2) is 48.6 Å². The molecule has 0 aliphatic heterocycles. The molecule has 1 N–H and O–H groups in total. The largest absolute Gasteiger partial charge is 0.507 e. The SMILES string of the molecule is C=CCC1=C(O)c2cc(C)c3ccccc3c2C(=O)C1=O. The van der Waals surface area contributed by atoms with Crippen molar-refractivity contribution < 1.29 is 14.7 Å². The van der Waals surface area contributed by atoms with E-state index >= 15 is 0 Å². The zero-order valence-electron chi connectivity index (χ0n) is 11.6. The Bertz CT molecular complexity index is 841. The second kappa shape index (κ2) is 4.70. The number of hydrogen-bond donors (Lipinski definition) is 1. The first-order valence-electron chi connectivity index (χ1n) is 6.71. The van der Waals surface area contributed by atoms with Crippen LogP contribution in [0, 0.1) is 6.92 Å². The Kier molecular flexibility index (Phi) is 2.98. The van der Waals surface area contributed by atoms with Gasteiger partial charge in [-0.1, -0.05) is 30.3 Å². The van der Waals surface area contributed by atoms with Crippen molar-refractivity contribution in [1.82, 2.24) is 0 Å². The van der Waals surface area contributed by atoms with Crippen molar-refractivity contribution in [3.8, 4) is 0 Å². The molecule has 2 aromatic carbocycles. The molecule has 0 aromatic heterocycles. The molecule has 1 aliphatic rings. The summed E-state index contributed by atoms with van der Waals surface area (Å²) >= 11 is 0. The molecule has 0 bridgehead atoms. The fourth-order valence-electron chi connectivity index (χ4n) is 2.84. The molecule has 0 fully saturated rings. The minimum atomic E-state index is -0.645. The van der Waals surface area contributed by atoms with E-state index in [0.29, 0.717) is 16.5 Å². The minimum absolute atomic E-state index is 0.108. The number of Topliss-reactive ketones (excluding diaryl/α,β-unsaturated/α-hetero) is 2. The zero-order valence-corrected chi connectivity index (χ0v) is 11.6. The molecule has 0 unspecified atom stereocenters. The van der Waals surface area contributed by atoms with Crippen molar-refractivity contribution in [2.45, 2.75) is 13.3 Å². The molecule has 21 heavy (non-hydrogen) atoms. The summed E-state index contributed by atoms with van der Waals surface area (Å²) in [5.41, 5.74) is 1.81. The van der Waals surface area contributed by atoms with Gasteiger partial charge in [0.1, 0.15) is 5.76 Å². The van der Waals surface area contributed by atoms with Gasteiger partial charge < -0.3 is 5.11 Å². The summed E-state index contributed by atoms with van der Waals surface area (Å²) in [7, 11) is 0. The maximum Gasteiger partial charge on any atom is 0.234 e. The molecule has 3 rings (SSSR count). The zero-order chi connectivity index (χ0) is 15.1. The van der Waals surface area contributed by atoms with Gasteiger partial charge in [0.15, 0.2) is 0 Å². The van der Waals surface area contributed by atoms with Gasteiger partial charge in [-0.3, -0.25) is 9.59 Å². The van der Waals surface area contributed by atoms with Crippen LogP contribution in [0.1, 0.15) is 27.9 Å². The minimum Gasteiger partial charge on any atom is -0.507 e. The van der Waals surface area contributed by atoms with E-state index < -0.39 is 11.6 Å². The van der Waals surface area contributed by atoms with Gasteiger partial charge in [-0.2, -0.15) is 0 Å². The van der Waals surface area contributed by atoms with Crippen LogP contribution in [0.3, 0.4) is 0 Å². The first-order chi connectivity index (χ1) is 10.1. The van der Waals surface area contributed by atoms with Crippen LogP contribution in [0.25, 0.3) is 16.5 Å². The smallest absolute Gasteiger partial charge is 0.234 e. The van der Waals surface area contributed by atoms with E-state index in [9.17, 15) is 14.7 Å². The van der Waals surface area contributed by atoms with E-state index in [1.54, 1.807) is 12.1 Å². The van der Waals surface area contributed by atoms with Gasteiger partial charge in [-0.05, 0) is 35.7 Å². The van der Waals surface area contributed by atoms with Crippen LogP contribution in [-0.2, 0) is 4.79 Å². The lowest BCUT2D eigenvalue weighted by Crippen LogP contribution is -2.24. The van der Waals surface area contributed by atoms with E-state index in [1.165, 1.54) is 6.08 Å². The second-order valence-electron chi connectivity index (χ2n) is 5.14. The third-order valence-electron chi connectivity index (χ3n) is 3.85. The predicted octanol–water partition coefficient (Wildman–Crippen LogP) is 3.76. The molecule has 0 heterocycles. The van der Waals surface area contributed by atoms with Gasteiger partial charge in [-0.25, -0.2) is 0 Å². The fourth-order valence-corrected chi connectivity index (χ4v) is 2.84. The van der Waals surface area contributed by atoms with Crippen LogP contribution in [0.2, 0.25) is 0 Å². The third-order valence-corrected chi connectivity index (χ3v) is 3.85. The average molecular weight is 278 g/mol. The van der Waals surface area contributed by atoms with Gasteiger partial charge in [-0.15, -0.1) is 6.58 Å². The molecule has 0 saturated heterocycles. The summed E-state index contributed by atoms with van der Waals surface area (Å²) < 4.78 is 0. The quantitative estimate of drug-likeness (QED) is 0.672. The van der Waals surface area contributed by atoms with Gasteiger partial charge in [0, 0.05) is 16.7 Å². The molecule has 1 aliphatic carbocycles. The van der Waals surface area contributed by atoms with Crippen LogP contribution >= 0.6 is 0 Å². The number of carbonyl (C=O) groups excluding carboxylic acids is 2. The Balaban J connectivity index is 2.45. The Morgan fingerprint density at radius 2 is 1.81 bits per heavy atom. The molecule has 0 atom stereocenters. The first kappa shape index (κ1) is 13.3. The molecular formula is C18H14O3. The summed E-state index contributed by atoms with van der Waals surface area (Å²) in [5.74, 6) is -1.31. The molecular weight excluding hydrogens is 264 g/mol. The van der Waals surface area contributed by atoms with Crippen LogP contribution in [0.5, 0.6) is 0 Å². The lowest BCUT2D eigenvalue weighted by Gasteiger charge is -2.20. The summed E-state index contributed by atoms with van der Waals surface area (Å²) in [6.07, 6.45) is 1.69. The highest BCUT2D eigenvalue weighted by Crippen LogP contribution is 2.35. The maximum absolute atomic E-state index is 12.4. The monoisotopic (exact) mass is 278 g/mol. The number of aliphatic hydroxyl groups is 1. The number of hydrogen-bond acceptors (Lipinski definition) is 3. The molecule has 0 radical (unpaired) electrons. The normalized spacial score (nSPS) is 14.5. The standard InChI is InChI=1S/C18H14O3/c1-3-6-13-16(19)14-9-10(2)11-7-4-5-8-12(11)15(14)18(21)17(13)20/h3-5,7-9,19H,1,6H2,2H3. The maximum atomic E-state index is 12.4. The van der Waals surface area contributed by atoms with Crippen LogP contribution in [-0.4, -0.2) is 16.7 Å². The van der Waals surface area contributed by atoms with Gasteiger partial charge in [0.05, 0.1) is 0 Å². The predicted molar refractivity (Wildman–Crippen MR) is 82.4 cm³/mol. The molecule has 0 spiro atoms. The Morgan fingerprint density at radius 1 is 1.14 bits per heavy atom. The topological polar surface area (TPSA) is 54.4 Å². The van der Waals surface area contributed by atoms with E-state index in [-0.39, 0.29) is 17.8 Å². The summed E-state index contributed by atoms with van der Waals surface area (Å²) in [4.78, 5) is 24.6. The Labute approximate surface area is 122 Å². The van der Waals surface area contributed by atoms with E-state index in [1.807, 2.05) is 25.1 Å². The number of allylic oxidation sites excluding steroid dienone is 2. The lowest BCUT2D eigenvalue weighted by atomic mass is 9.83. The Morgan fingerprint density at radius 3 is 2.48 bits per heavy atom. The van der Waals surface area contributed by atoms with Crippen molar-refractivity contribution in [3.63, 3.8) is 0 Å². The number of benzene rings is 2. The average Bonchev–Trinajstić information content (AvgIpc) is 2.49. The van der Waals surface area contributed by atoms with Gasteiger partial charge in [0.25, 0.3) is 0 Å². The molecule has 2 aromatic rings. The highest BCUT2D eigenvalue weighted by Gasteiger charge is 2.33. The Hall–Kier alpha value is -2.68. The van der Waals surface area contributed by atoms with Gasteiger partial charge >= 0.3 is 0 Å². The number of aliphatic hydroxyl groups excluding tert-OH is 1. The number of fused-ring (bicyclic) bond motifs is 3. The molecule has 104 valence electrons. The summed E-state index contributed by atoms with van der Waals surface area (Å²) in [6.45, 7) is 5.48. The highest BCUT2D eigenvalue weighted by molar-refractivity contribution is 6.54. The molecule has 0 amide bonds. The highest BCUT2D eigenvalue weighted by atomic mass is 16.3. The van der Waals surface area contributed by atoms with Gasteiger partial charge in [0.2, 0.25) is 11.6 Å². The van der Waals surface area contributed by atoms with Crippen molar-refractivity contribution in [2.75, 3.05) is 0 Å². The number of rotatable bonds is 2. The summed E-state index contributed by atoms with van der Waals surface area (Å²) in [6, 6.07) is 9.18. The summed E-state index contributed by atoms with van der Waals surface area (Å²) in [5, 5.41) is 12.0. The number of ketones is 2. The fraction of sp³-hybridized carbons (Fsp3) is 0.111. The molecule has 3 heteroatoms. The second-order valence-corrected chi connectivity index (χ2v) is 5.14. The van der Waals surface area contributed by atoms with E-state index in [0.717, 1.165) is 10.9 Å². The third kappa shape index (κ3) is 1.82. The molecule has 3 nitrogen and oxygen atoms in total. The van der Waals surface area contributed by atoms with Crippen molar-refractivity contribution >= 4 is 28.1 Å². The van der Waals surface area contributed by atoms with Crippen LogP contribution < -0.4 is 0 Å². The van der Waals surface area contributed by atoms with E-state index in [2.05, 4.69) is 6.58 Å². The molecule has 0 saturated carbocycles. The number of carbonyl (C=O) groups is 2. The van der Waals surface area contributed by atoms with Crippen LogP contribution in [0.4, 0.5) is 0 Å². The first-order valence-corrected chi connectivity index (χ1v) is 6.71. The number of aryl methyl sites for hydroxylation is 1. The van der Waals surface area contributed by atoms with Crippen molar-refractivity contribution in [3.05, 3.63) is 65.3 Å². The van der Waals surface area contributed by atoms with E-state index in [4.69, 9.17) is 0 Å². The van der Waals surface area contributed by atoms with Crippen molar-refractivity contribution in [2.24, 2.45) is 0 Å². The van der Waals surface area contributed by atoms with Crippen molar-refractivity contribution in [1.29, 1.82) is 0 Å².